The van der Waals surface area contributed by atoms with Crippen molar-refractivity contribution in [1.29, 1.82) is 0 Å². The van der Waals surface area contributed by atoms with Gasteiger partial charge in [0.1, 0.15) is 9.36 Å². The summed E-state index contributed by atoms with van der Waals surface area (Å²) in [6.45, 7) is 2.11. The third-order valence-corrected chi connectivity index (χ3v) is 6.97. The number of thiophene rings is 1. The number of aromatic nitrogens is 1. The molecular weight excluding hydrogens is 479 g/mol. The summed E-state index contributed by atoms with van der Waals surface area (Å²) in [5.41, 5.74) is 8.26. The molecule has 0 aliphatic carbocycles. The third kappa shape index (κ3) is 7.14. The number of alkyl halides is 3. The maximum Gasteiger partial charge on any atom is 0.490 e. The molecule has 0 radical (unpaired) electrons. The monoisotopic (exact) mass is 495 g/mol. The molecule has 3 rings (SSSR count). The van der Waals surface area contributed by atoms with Gasteiger partial charge in [-0.3, -0.25) is 0 Å². The second-order valence-electron chi connectivity index (χ2n) is 6.24. The molecule has 3 aromatic rings. The number of pyridine rings is 1. The van der Waals surface area contributed by atoms with Crippen LogP contribution in [0.2, 0.25) is 5.15 Å². The van der Waals surface area contributed by atoms with Crippen LogP contribution in [-0.4, -0.2) is 30.7 Å². The zero-order valence-corrected chi connectivity index (χ0v) is 18.2. The molecule has 0 saturated carbocycles. The van der Waals surface area contributed by atoms with Gasteiger partial charge in [-0.2, -0.15) is 13.2 Å². The summed E-state index contributed by atoms with van der Waals surface area (Å²) in [7, 11) is -3.60. The second kappa shape index (κ2) is 9.92. The van der Waals surface area contributed by atoms with Gasteiger partial charge < -0.3 is 10.8 Å². The molecular formula is C18H17ClF3N3O4S2. The van der Waals surface area contributed by atoms with Crippen molar-refractivity contribution in [2.75, 3.05) is 0 Å². The molecule has 0 fully saturated rings. The van der Waals surface area contributed by atoms with Crippen molar-refractivity contribution in [2.45, 2.75) is 29.9 Å². The average Bonchev–Trinajstić information content (AvgIpc) is 3.10. The van der Waals surface area contributed by atoms with E-state index >= 15 is 0 Å². The Morgan fingerprint density at radius 3 is 2.35 bits per heavy atom. The first-order valence-electron chi connectivity index (χ1n) is 8.50. The van der Waals surface area contributed by atoms with Crippen molar-refractivity contribution >= 4 is 49.1 Å². The highest BCUT2D eigenvalue weighted by Gasteiger charge is 2.38. The predicted molar refractivity (Wildman–Crippen MR) is 111 cm³/mol. The van der Waals surface area contributed by atoms with Gasteiger partial charge >= 0.3 is 12.1 Å². The molecule has 4 N–H and O–H groups in total. The highest BCUT2D eigenvalue weighted by molar-refractivity contribution is 7.91. The quantitative estimate of drug-likeness (QED) is 0.458. The number of hydrogen-bond acceptors (Lipinski definition) is 6. The van der Waals surface area contributed by atoms with Gasteiger partial charge in [0, 0.05) is 12.6 Å². The summed E-state index contributed by atoms with van der Waals surface area (Å²) in [5, 5.41) is 7.46. The first kappa shape index (κ1) is 25.0. The molecule has 2 heterocycles. The van der Waals surface area contributed by atoms with Crippen LogP contribution in [0.1, 0.15) is 24.1 Å². The highest BCUT2D eigenvalue weighted by atomic mass is 35.5. The smallest absolute Gasteiger partial charge is 0.475 e. The van der Waals surface area contributed by atoms with E-state index in [1.54, 1.807) is 12.1 Å². The van der Waals surface area contributed by atoms with Crippen LogP contribution in [0, 0.1) is 0 Å². The summed E-state index contributed by atoms with van der Waals surface area (Å²) in [5.74, 6) is -2.76. The molecule has 31 heavy (non-hydrogen) atoms. The second-order valence-corrected chi connectivity index (χ2v) is 9.71. The van der Waals surface area contributed by atoms with Gasteiger partial charge in [0.2, 0.25) is 10.0 Å². The first-order chi connectivity index (χ1) is 14.3. The van der Waals surface area contributed by atoms with Crippen molar-refractivity contribution in [3.05, 3.63) is 58.7 Å². The lowest BCUT2D eigenvalue weighted by Gasteiger charge is -2.08. The van der Waals surface area contributed by atoms with Gasteiger partial charge in [0.15, 0.2) is 0 Å². The van der Waals surface area contributed by atoms with Crippen molar-refractivity contribution in [1.82, 2.24) is 9.71 Å². The van der Waals surface area contributed by atoms with Gasteiger partial charge in [-0.15, -0.1) is 11.3 Å². The number of carbonyl (C=O) groups is 1. The molecule has 13 heteroatoms. The number of nitrogens with one attached hydrogen (secondary N) is 1. The van der Waals surface area contributed by atoms with E-state index in [-0.39, 0.29) is 16.8 Å². The first-order valence-corrected chi connectivity index (χ1v) is 11.2. The van der Waals surface area contributed by atoms with E-state index in [0.29, 0.717) is 10.7 Å². The average molecular weight is 496 g/mol. The number of halogens is 4. The van der Waals surface area contributed by atoms with E-state index in [4.69, 9.17) is 27.2 Å². The summed E-state index contributed by atoms with van der Waals surface area (Å²) >= 11 is 7.00. The minimum absolute atomic E-state index is 0.0476. The fourth-order valence-electron chi connectivity index (χ4n) is 2.20. The molecule has 1 atom stereocenters. The van der Waals surface area contributed by atoms with Crippen LogP contribution in [0.3, 0.4) is 0 Å². The Kier molecular flexibility index (Phi) is 8.00. The Hall–Kier alpha value is -2.25. The molecule has 2 aromatic heterocycles. The van der Waals surface area contributed by atoms with Crippen molar-refractivity contribution < 1.29 is 31.5 Å². The predicted octanol–water partition coefficient (Wildman–Crippen LogP) is 4.08. The minimum atomic E-state index is -5.08. The van der Waals surface area contributed by atoms with Crippen LogP contribution < -0.4 is 10.5 Å². The molecule has 0 aliphatic rings. The maximum absolute atomic E-state index is 12.5. The largest absolute Gasteiger partial charge is 0.490 e. The third-order valence-electron chi connectivity index (χ3n) is 3.80. The number of fused-ring (bicyclic) bond motifs is 1. The van der Waals surface area contributed by atoms with E-state index in [9.17, 15) is 21.6 Å². The van der Waals surface area contributed by atoms with Crippen LogP contribution in [-0.2, 0) is 21.4 Å². The number of carboxylic acids is 1. The SMILES string of the molecule is CC(N)c1ccc(CNS(=O)(=O)c2cc3nc(Cl)ccc3s2)cc1.O=C(O)C(F)(F)F. The Balaban J connectivity index is 0.000000423. The van der Waals surface area contributed by atoms with E-state index in [1.165, 1.54) is 17.4 Å². The van der Waals surface area contributed by atoms with E-state index < -0.39 is 22.2 Å². The van der Waals surface area contributed by atoms with Crippen LogP contribution >= 0.6 is 22.9 Å². The molecule has 1 unspecified atom stereocenters. The fraction of sp³-hybridized carbons (Fsp3) is 0.222. The number of rotatable bonds is 5. The summed E-state index contributed by atoms with van der Waals surface area (Å²) in [6.07, 6.45) is -5.08. The van der Waals surface area contributed by atoms with E-state index in [2.05, 4.69) is 9.71 Å². The molecule has 0 saturated heterocycles. The molecule has 0 spiro atoms. The Labute approximate surface area is 184 Å². The van der Waals surface area contributed by atoms with Crippen molar-refractivity contribution in [2.24, 2.45) is 5.73 Å². The van der Waals surface area contributed by atoms with Crippen molar-refractivity contribution in [3.63, 3.8) is 0 Å². The van der Waals surface area contributed by atoms with Crippen LogP contribution in [0.15, 0.2) is 46.7 Å². The van der Waals surface area contributed by atoms with Gasteiger partial charge in [-0.1, -0.05) is 35.9 Å². The molecule has 168 valence electrons. The van der Waals surface area contributed by atoms with Crippen LogP contribution in [0.4, 0.5) is 13.2 Å². The Morgan fingerprint density at radius 1 is 1.26 bits per heavy atom. The van der Waals surface area contributed by atoms with E-state index in [1.807, 2.05) is 31.2 Å². The van der Waals surface area contributed by atoms with Crippen molar-refractivity contribution in [3.8, 4) is 0 Å². The lowest BCUT2D eigenvalue weighted by molar-refractivity contribution is -0.192. The summed E-state index contributed by atoms with van der Waals surface area (Å²) in [6, 6.07) is 12.4. The van der Waals surface area contributed by atoms with Gasteiger partial charge in [0.05, 0.1) is 10.2 Å². The topological polar surface area (TPSA) is 122 Å². The molecule has 7 nitrogen and oxygen atoms in total. The lowest BCUT2D eigenvalue weighted by atomic mass is 10.1. The van der Waals surface area contributed by atoms with Gasteiger partial charge in [-0.05, 0) is 36.2 Å². The normalized spacial score (nSPS) is 12.8. The summed E-state index contributed by atoms with van der Waals surface area (Å²) in [4.78, 5) is 13.0. The standard InChI is InChI=1S/C16H16ClN3O2S2.C2HF3O2/c1-10(18)12-4-2-11(3-5-12)9-19-24(21,22)16-8-13-14(23-16)6-7-15(17)20-13;3-2(4,5)1(6)7/h2-8,10,19H,9,18H2,1H3;(H,6,7). The van der Waals surface area contributed by atoms with Crippen LogP contribution in [0.5, 0.6) is 0 Å². The number of benzene rings is 1. The zero-order valence-electron chi connectivity index (χ0n) is 15.9. The Morgan fingerprint density at radius 2 is 1.84 bits per heavy atom. The Bertz CT molecular complexity index is 1160. The maximum atomic E-state index is 12.5. The molecule has 0 amide bonds. The van der Waals surface area contributed by atoms with Gasteiger partial charge in [0.25, 0.3) is 0 Å². The number of nitrogens with zero attached hydrogens (tertiary/aromatic N) is 1. The number of hydrogen-bond donors (Lipinski definition) is 3. The van der Waals surface area contributed by atoms with E-state index in [0.717, 1.165) is 15.8 Å². The molecule has 0 aliphatic heterocycles. The molecule has 0 bridgehead atoms. The zero-order chi connectivity index (χ0) is 23.4. The highest BCUT2D eigenvalue weighted by Crippen LogP contribution is 2.28. The number of aliphatic carboxylic acids is 1. The minimum Gasteiger partial charge on any atom is -0.475 e. The van der Waals surface area contributed by atoms with Crippen LogP contribution in [0.25, 0.3) is 10.2 Å². The lowest BCUT2D eigenvalue weighted by Crippen LogP contribution is -2.22. The fourth-order valence-corrected chi connectivity index (χ4v) is 4.73. The summed E-state index contributed by atoms with van der Waals surface area (Å²) < 4.78 is 60.3. The number of nitrogens with two attached hydrogens (primary N) is 1. The molecule has 1 aromatic carbocycles. The van der Waals surface area contributed by atoms with Gasteiger partial charge in [-0.25, -0.2) is 22.9 Å². The number of carboxylic acid groups (broad SMARTS) is 1. The number of sulfonamides is 1.